The molecule has 0 amide bonds. The molecule has 0 atom stereocenters. The second kappa shape index (κ2) is 5.32. The molecule has 0 aliphatic heterocycles. The molecule has 13 heavy (non-hydrogen) atoms. The first kappa shape index (κ1) is 10.6. The van der Waals surface area contributed by atoms with Crippen LogP contribution in [0.3, 0.4) is 0 Å². The van der Waals surface area contributed by atoms with E-state index in [-0.39, 0.29) is 6.61 Å². The van der Waals surface area contributed by atoms with Crippen LogP contribution in [0.2, 0.25) is 0 Å². The van der Waals surface area contributed by atoms with Gasteiger partial charge in [0.05, 0.1) is 11.6 Å². The van der Waals surface area contributed by atoms with Crippen LogP contribution in [0.15, 0.2) is 6.20 Å². The Morgan fingerprint density at radius 2 is 2.38 bits per heavy atom. The molecule has 3 nitrogen and oxygen atoms in total. The summed E-state index contributed by atoms with van der Waals surface area (Å²) in [5.41, 5.74) is 0. The second-order valence-electron chi connectivity index (χ2n) is 3.22. The number of nitrogens with zero attached hydrogens (tertiary/aromatic N) is 1. The number of rotatable bonds is 5. The standard InChI is InChI=1S/C9H16N2OS/c1-7(2)9-11-6-8(13-9)5-10-3-4-12/h6-7,10,12H,3-5H2,1-2H3. The predicted octanol–water partition coefficient (Wildman–Crippen LogP) is 1.35. The Hall–Kier alpha value is -0.450. The summed E-state index contributed by atoms with van der Waals surface area (Å²) in [5.74, 6) is 0.511. The monoisotopic (exact) mass is 200 g/mol. The summed E-state index contributed by atoms with van der Waals surface area (Å²) < 4.78 is 0. The lowest BCUT2D eigenvalue weighted by molar-refractivity contribution is 0.292. The highest BCUT2D eigenvalue weighted by molar-refractivity contribution is 7.11. The van der Waals surface area contributed by atoms with E-state index in [9.17, 15) is 0 Å². The number of hydrogen-bond acceptors (Lipinski definition) is 4. The molecule has 0 unspecified atom stereocenters. The summed E-state index contributed by atoms with van der Waals surface area (Å²) in [6.07, 6.45) is 1.91. The van der Waals surface area contributed by atoms with Crippen LogP contribution in [0.25, 0.3) is 0 Å². The maximum absolute atomic E-state index is 8.56. The number of hydrogen-bond donors (Lipinski definition) is 2. The number of aliphatic hydroxyl groups is 1. The van der Waals surface area contributed by atoms with Gasteiger partial charge in [-0.15, -0.1) is 11.3 Å². The molecule has 1 aromatic heterocycles. The fourth-order valence-corrected chi connectivity index (χ4v) is 1.85. The third-order valence-electron chi connectivity index (χ3n) is 1.65. The van der Waals surface area contributed by atoms with Crippen LogP contribution in [-0.4, -0.2) is 23.2 Å². The van der Waals surface area contributed by atoms with Crippen LogP contribution >= 0.6 is 11.3 Å². The van der Waals surface area contributed by atoms with Crippen LogP contribution in [-0.2, 0) is 6.54 Å². The van der Waals surface area contributed by atoms with Gasteiger partial charge < -0.3 is 10.4 Å². The van der Waals surface area contributed by atoms with Gasteiger partial charge in [-0.05, 0) is 0 Å². The third-order valence-corrected chi connectivity index (χ3v) is 2.95. The summed E-state index contributed by atoms with van der Waals surface area (Å²) in [7, 11) is 0. The zero-order chi connectivity index (χ0) is 9.68. The van der Waals surface area contributed by atoms with Crippen LogP contribution in [0.5, 0.6) is 0 Å². The van der Waals surface area contributed by atoms with Gasteiger partial charge in [0.25, 0.3) is 0 Å². The van der Waals surface area contributed by atoms with E-state index < -0.39 is 0 Å². The Bertz CT molecular complexity index is 248. The van der Waals surface area contributed by atoms with Gasteiger partial charge in [0.15, 0.2) is 0 Å². The topological polar surface area (TPSA) is 45.2 Å². The van der Waals surface area contributed by atoms with Crippen molar-refractivity contribution in [1.29, 1.82) is 0 Å². The van der Waals surface area contributed by atoms with Gasteiger partial charge in [-0.25, -0.2) is 4.98 Å². The lowest BCUT2D eigenvalue weighted by atomic mass is 10.2. The molecule has 0 saturated carbocycles. The first-order chi connectivity index (χ1) is 6.24. The maximum Gasteiger partial charge on any atom is 0.0953 e. The molecule has 4 heteroatoms. The van der Waals surface area contributed by atoms with Crippen LogP contribution < -0.4 is 5.32 Å². The summed E-state index contributed by atoms with van der Waals surface area (Å²) >= 11 is 1.74. The molecule has 0 bridgehead atoms. The van der Waals surface area contributed by atoms with Crippen molar-refractivity contribution in [2.45, 2.75) is 26.3 Å². The number of aliphatic hydroxyl groups excluding tert-OH is 1. The minimum Gasteiger partial charge on any atom is -0.395 e. The molecule has 0 aromatic carbocycles. The van der Waals surface area contributed by atoms with E-state index >= 15 is 0 Å². The highest BCUT2D eigenvalue weighted by Crippen LogP contribution is 2.20. The first-order valence-electron chi connectivity index (χ1n) is 4.50. The molecule has 0 aliphatic rings. The fourth-order valence-electron chi connectivity index (χ4n) is 0.962. The summed E-state index contributed by atoms with van der Waals surface area (Å²) in [6, 6.07) is 0. The summed E-state index contributed by atoms with van der Waals surface area (Å²) in [5, 5.41) is 12.9. The van der Waals surface area contributed by atoms with Crippen molar-refractivity contribution >= 4 is 11.3 Å². The van der Waals surface area contributed by atoms with E-state index in [1.54, 1.807) is 11.3 Å². The SMILES string of the molecule is CC(C)c1ncc(CNCCO)s1. The average Bonchev–Trinajstić information content (AvgIpc) is 2.53. The van der Waals surface area contributed by atoms with Gasteiger partial charge in [0.2, 0.25) is 0 Å². The lowest BCUT2D eigenvalue weighted by Gasteiger charge is -1.98. The van der Waals surface area contributed by atoms with Crippen molar-refractivity contribution in [3.8, 4) is 0 Å². The van der Waals surface area contributed by atoms with Gasteiger partial charge in [0.1, 0.15) is 0 Å². The van der Waals surface area contributed by atoms with E-state index in [2.05, 4.69) is 24.1 Å². The first-order valence-corrected chi connectivity index (χ1v) is 5.32. The molecule has 0 radical (unpaired) electrons. The van der Waals surface area contributed by atoms with Gasteiger partial charge in [-0.1, -0.05) is 13.8 Å². The smallest absolute Gasteiger partial charge is 0.0953 e. The highest BCUT2D eigenvalue weighted by Gasteiger charge is 2.04. The Morgan fingerprint density at radius 1 is 1.62 bits per heavy atom. The largest absolute Gasteiger partial charge is 0.395 e. The van der Waals surface area contributed by atoms with E-state index in [4.69, 9.17) is 5.11 Å². The minimum absolute atomic E-state index is 0.190. The van der Waals surface area contributed by atoms with Crippen molar-refractivity contribution in [3.05, 3.63) is 16.1 Å². The molecular weight excluding hydrogens is 184 g/mol. The molecule has 74 valence electrons. The Labute approximate surface area is 82.8 Å². The van der Waals surface area contributed by atoms with Crippen molar-refractivity contribution in [2.75, 3.05) is 13.2 Å². The average molecular weight is 200 g/mol. The molecular formula is C9H16N2OS. The van der Waals surface area contributed by atoms with Crippen molar-refractivity contribution in [1.82, 2.24) is 10.3 Å². The molecule has 0 spiro atoms. The quantitative estimate of drug-likeness (QED) is 0.705. The molecule has 1 rings (SSSR count). The number of nitrogens with one attached hydrogen (secondary N) is 1. The minimum atomic E-state index is 0.190. The van der Waals surface area contributed by atoms with Crippen LogP contribution in [0, 0.1) is 0 Å². The van der Waals surface area contributed by atoms with Crippen LogP contribution in [0.1, 0.15) is 29.7 Å². The molecule has 0 aliphatic carbocycles. The zero-order valence-electron chi connectivity index (χ0n) is 8.08. The summed E-state index contributed by atoms with van der Waals surface area (Å²) in [4.78, 5) is 5.54. The van der Waals surface area contributed by atoms with Gasteiger partial charge >= 0.3 is 0 Å². The Kier molecular flexibility index (Phi) is 4.35. The summed E-state index contributed by atoms with van der Waals surface area (Å²) in [6.45, 7) is 5.93. The van der Waals surface area contributed by atoms with Crippen molar-refractivity contribution < 1.29 is 5.11 Å². The molecule has 0 fully saturated rings. The maximum atomic E-state index is 8.56. The van der Waals surface area contributed by atoms with Crippen molar-refractivity contribution in [2.24, 2.45) is 0 Å². The van der Waals surface area contributed by atoms with E-state index in [1.165, 1.54) is 9.88 Å². The van der Waals surface area contributed by atoms with Gasteiger partial charge in [0, 0.05) is 30.1 Å². The third kappa shape index (κ3) is 3.42. The molecule has 1 aromatic rings. The predicted molar refractivity (Wildman–Crippen MR) is 55.0 cm³/mol. The van der Waals surface area contributed by atoms with Crippen LogP contribution in [0.4, 0.5) is 0 Å². The molecule has 1 heterocycles. The second-order valence-corrected chi connectivity index (χ2v) is 4.37. The lowest BCUT2D eigenvalue weighted by Crippen LogP contribution is -2.16. The zero-order valence-corrected chi connectivity index (χ0v) is 8.90. The normalized spacial score (nSPS) is 11.1. The van der Waals surface area contributed by atoms with E-state index in [1.807, 2.05) is 6.20 Å². The number of thiazole rings is 1. The van der Waals surface area contributed by atoms with Gasteiger partial charge in [-0.3, -0.25) is 0 Å². The molecule has 2 N–H and O–H groups in total. The molecule has 0 saturated heterocycles. The Morgan fingerprint density at radius 3 is 2.92 bits per heavy atom. The van der Waals surface area contributed by atoms with Gasteiger partial charge in [-0.2, -0.15) is 0 Å². The van der Waals surface area contributed by atoms with Crippen molar-refractivity contribution in [3.63, 3.8) is 0 Å². The number of aromatic nitrogens is 1. The fraction of sp³-hybridized carbons (Fsp3) is 0.667. The van der Waals surface area contributed by atoms with E-state index in [0.29, 0.717) is 12.5 Å². The van der Waals surface area contributed by atoms with E-state index in [0.717, 1.165) is 6.54 Å². The Balaban J connectivity index is 2.40. The highest BCUT2D eigenvalue weighted by atomic mass is 32.1.